The van der Waals surface area contributed by atoms with Crippen molar-refractivity contribution >= 4 is 10.1 Å². The molecule has 0 aromatic carbocycles. The number of aliphatic hydroxyl groups is 1. The maximum atomic E-state index is 11.6. The Kier molecular flexibility index (Phi) is 24.1. The van der Waals surface area contributed by atoms with Crippen LogP contribution in [0.25, 0.3) is 0 Å². The summed E-state index contributed by atoms with van der Waals surface area (Å²) in [5, 5.41) is 10.4. The average Bonchev–Trinajstić information content (AvgIpc) is 2.64. The van der Waals surface area contributed by atoms with Gasteiger partial charge in [-0.05, 0) is 25.7 Å². The van der Waals surface area contributed by atoms with Gasteiger partial charge >= 0.3 is 51.4 Å². The van der Waals surface area contributed by atoms with E-state index in [4.69, 9.17) is 0 Å². The van der Waals surface area contributed by atoms with Gasteiger partial charge in [-0.2, -0.15) is 0 Å². The van der Waals surface area contributed by atoms with Crippen molar-refractivity contribution in [2.45, 2.75) is 147 Å². The molecular formula is C23H47KO4S. The summed E-state index contributed by atoms with van der Waals surface area (Å²) in [6.45, 7) is 4.40. The normalized spacial score (nSPS) is 13.8. The van der Waals surface area contributed by atoms with E-state index in [1.54, 1.807) is 0 Å². The summed E-state index contributed by atoms with van der Waals surface area (Å²) in [6.07, 6.45) is 20.4. The minimum absolute atomic E-state index is 0. The second-order valence-corrected chi connectivity index (χ2v) is 10.2. The molecule has 0 aliphatic heterocycles. The van der Waals surface area contributed by atoms with Crippen LogP contribution in [0.1, 0.15) is 142 Å². The molecule has 0 aromatic rings. The summed E-state index contributed by atoms with van der Waals surface area (Å²) < 4.78 is 34.7. The van der Waals surface area contributed by atoms with Gasteiger partial charge in [-0.15, -0.1) is 0 Å². The van der Waals surface area contributed by atoms with Gasteiger partial charge in [0.15, 0.2) is 4.93 Å². The van der Waals surface area contributed by atoms with Gasteiger partial charge in [0.05, 0.1) is 0 Å². The van der Waals surface area contributed by atoms with Crippen molar-refractivity contribution in [3.05, 3.63) is 0 Å². The maximum absolute atomic E-state index is 11.6. The number of rotatable bonds is 21. The molecule has 0 heterocycles. The second-order valence-electron chi connectivity index (χ2n) is 8.56. The first kappa shape index (κ1) is 32.7. The van der Waals surface area contributed by atoms with Crippen molar-refractivity contribution in [1.29, 1.82) is 0 Å². The molecule has 29 heavy (non-hydrogen) atoms. The van der Waals surface area contributed by atoms with Gasteiger partial charge < -0.3 is 9.66 Å². The average molecular weight is 459 g/mol. The Morgan fingerprint density at radius 2 is 0.828 bits per heavy atom. The monoisotopic (exact) mass is 458 g/mol. The molecule has 0 saturated carbocycles. The Labute approximate surface area is 224 Å². The molecule has 1 unspecified atom stereocenters. The molecule has 0 saturated heterocycles. The second kappa shape index (κ2) is 21.4. The molecule has 170 valence electrons. The van der Waals surface area contributed by atoms with Crippen LogP contribution >= 0.6 is 0 Å². The first-order valence-electron chi connectivity index (χ1n) is 12.0. The van der Waals surface area contributed by atoms with Crippen LogP contribution in [0.15, 0.2) is 0 Å². The van der Waals surface area contributed by atoms with Gasteiger partial charge in [0, 0.05) is 0 Å². The Morgan fingerprint density at radius 3 is 1.07 bits per heavy atom. The van der Waals surface area contributed by atoms with Crippen molar-refractivity contribution in [3.8, 4) is 0 Å². The van der Waals surface area contributed by atoms with Crippen LogP contribution in [0, 0.1) is 0 Å². The molecule has 1 N–H and O–H groups in total. The zero-order chi connectivity index (χ0) is 21.1. The van der Waals surface area contributed by atoms with E-state index < -0.39 is 15.1 Å². The van der Waals surface area contributed by atoms with E-state index in [9.17, 15) is 18.1 Å². The van der Waals surface area contributed by atoms with Crippen molar-refractivity contribution in [2.75, 3.05) is 0 Å². The summed E-state index contributed by atoms with van der Waals surface area (Å²) in [4.78, 5) is -2.06. The predicted octanol–water partition coefficient (Wildman–Crippen LogP) is 4.07. The van der Waals surface area contributed by atoms with Gasteiger partial charge in [0.25, 0.3) is 0 Å². The Bertz CT molecular complexity index is 442. The van der Waals surface area contributed by atoms with Crippen LogP contribution in [-0.4, -0.2) is 23.0 Å². The van der Waals surface area contributed by atoms with E-state index in [-0.39, 0.29) is 64.2 Å². The van der Waals surface area contributed by atoms with Crippen molar-refractivity contribution in [2.24, 2.45) is 0 Å². The van der Waals surface area contributed by atoms with E-state index in [1.165, 1.54) is 64.2 Å². The van der Waals surface area contributed by atoms with Crippen LogP contribution in [0.4, 0.5) is 0 Å². The number of hydrogen-bond acceptors (Lipinski definition) is 4. The van der Waals surface area contributed by atoms with E-state index >= 15 is 0 Å². The standard InChI is InChI=1S/C23H48O4S.K/c1-3-5-7-9-11-12-13-14-16-18-20-22-23(24,28(25,26)27)21-19-17-15-10-8-6-4-2;/h24H,3-22H2,1-2H3,(H,25,26,27);/q;+1/p-1. The smallest absolute Gasteiger partial charge is 0.746 e. The third kappa shape index (κ3) is 18.7. The summed E-state index contributed by atoms with van der Waals surface area (Å²) >= 11 is 0. The SMILES string of the molecule is CCCCCCCCCCCCCC(O)(CCCCCCCCC)S(=O)(=O)[O-].[K+]. The zero-order valence-electron chi connectivity index (χ0n) is 19.7. The fourth-order valence-corrected chi connectivity index (χ4v) is 4.59. The molecule has 4 nitrogen and oxygen atoms in total. The van der Waals surface area contributed by atoms with E-state index in [0.29, 0.717) is 12.8 Å². The fourth-order valence-electron chi connectivity index (χ4n) is 3.80. The molecule has 0 aliphatic rings. The van der Waals surface area contributed by atoms with Crippen LogP contribution < -0.4 is 51.4 Å². The molecular weight excluding hydrogens is 411 g/mol. The van der Waals surface area contributed by atoms with Crippen molar-refractivity contribution < 1.29 is 69.5 Å². The minimum atomic E-state index is -4.67. The summed E-state index contributed by atoms with van der Waals surface area (Å²) in [5.41, 5.74) is 0. The molecule has 6 heteroatoms. The third-order valence-electron chi connectivity index (χ3n) is 5.81. The molecule has 0 spiro atoms. The molecule has 0 radical (unpaired) electrons. The molecule has 0 bridgehead atoms. The predicted molar refractivity (Wildman–Crippen MR) is 118 cm³/mol. The van der Waals surface area contributed by atoms with Gasteiger partial charge in [-0.3, -0.25) is 0 Å². The first-order valence-corrected chi connectivity index (χ1v) is 13.5. The molecule has 1 atom stereocenters. The third-order valence-corrected chi connectivity index (χ3v) is 7.15. The maximum Gasteiger partial charge on any atom is 1.00 e. The Balaban J connectivity index is 0. The van der Waals surface area contributed by atoms with Gasteiger partial charge in [-0.1, -0.05) is 117 Å². The quantitative estimate of drug-likeness (QED) is 0.160. The number of unbranched alkanes of at least 4 members (excludes halogenated alkanes) is 16. The minimum Gasteiger partial charge on any atom is -0.746 e. The largest absolute Gasteiger partial charge is 1.00 e. The number of hydrogen-bond donors (Lipinski definition) is 1. The first-order chi connectivity index (χ1) is 13.4. The molecule has 0 rings (SSSR count). The zero-order valence-corrected chi connectivity index (χ0v) is 23.7. The van der Waals surface area contributed by atoms with Gasteiger partial charge in [-0.25, -0.2) is 8.42 Å². The Morgan fingerprint density at radius 1 is 0.586 bits per heavy atom. The fraction of sp³-hybridized carbons (Fsp3) is 1.00. The van der Waals surface area contributed by atoms with Gasteiger partial charge in [0.1, 0.15) is 10.1 Å². The van der Waals surface area contributed by atoms with E-state index in [1.807, 2.05) is 0 Å². The van der Waals surface area contributed by atoms with Crippen LogP contribution in [0.5, 0.6) is 0 Å². The molecule has 0 aromatic heterocycles. The summed E-state index contributed by atoms with van der Waals surface area (Å²) in [7, 11) is -4.67. The molecule has 0 amide bonds. The van der Waals surface area contributed by atoms with Crippen LogP contribution in [0.3, 0.4) is 0 Å². The van der Waals surface area contributed by atoms with Crippen molar-refractivity contribution in [1.82, 2.24) is 0 Å². The van der Waals surface area contributed by atoms with Crippen LogP contribution in [-0.2, 0) is 10.1 Å². The van der Waals surface area contributed by atoms with Crippen molar-refractivity contribution in [3.63, 3.8) is 0 Å². The van der Waals surface area contributed by atoms with E-state index in [0.717, 1.165) is 38.5 Å². The molecule has 0 fully saturated rings. The van der Waals surface area contributed by atoms with Crippen LogP contribution in [0.2, 0.25) is 0 Å². The molecule has 0 aliphatic carbocycles. The van der Waals surface area contributed by atoms with Gasteiger partial charge in [0.2, 0.25) is 0 Å². The summed E-state index contributed by atoms with van der Waals surface area (Å²) in [5.74, 6) is 0. The topological polar surface area (TPSA) is 77.4 Å². The summed E-state index contributed by atoms with van der Waals surface area (Å²) in [6, 6.07) is 0. The Hall–Kier alpha value is 1.51. The van der Waals surface area contributed by atoms with E-state index in [2.05, 4.69) is 13.8 Å².